The fourth-order valence-corrected chi connectivity index (χ4v) is 14.9. The number of hydrogen-bond acceptors (Lipinski definition) is 4. The van der Waals surface area contributed by atoms with Crippen LogP contribution in [0.3, 0.4) is 0 Å². The standard InChI is InChI=1S/C56H80B2N4Si2/c1-33(2)45-25-21-26-46(34(3)4)53(45)59-41(17)42(18)60(54-47(35(5)6)27-22-28-48(54)36(7)8)57(59)63-64-58-61(55-49(37(9)10)29-23-30-50(55)38(11)12)43(19)44(20)62(58)56-51(39(13)14)31-24-32-52(56)40(15)16/h21-40H,1-20H3. The van der Waals surface area contributed by atoms with E-state index in [1.807, 2.05) is 0 Å². The van der Waals surface area contributed by atoms with Gasteiger partial charge in [0, 0.05) is 45.5 Å². The molecule has 0 bridgehead atoms. The van der Waals surface area contributed by atoms with Crippen molar-refractivity contribution in [2.75, 3.05) is 19.2 Å². The van der Waals surface area contributed by atoms with Crippen LogP contribution in [0.25, 0.3) is 0 Å². The van der Waals surface area contributed by atoms with Crippen molar-refractivity contribution in [1.29, 1.82) is 0 Å². The van der Waals surface area contributed by atoms with Gasteiger partial charge in [0.15, 0.2) is 0 Å². The zero-order chi connectivity index (χ0) is 47.2. The van der Waals surface area contributed by atoms with Gasteiger partial charge < -0.3 is 19.2 Å². The summed E-state index contributed by atoms with van der Waals surface area (Å²) in [5.41, 5.74) is 22.7. The minimum atomic E-state index is 0.105. The second-order valence-electron chi connectivity index (χ2n) is 21.2. The van der Waals surface area contributed by atoms with Gasteiger partial charge in [0.25, 0.3) is 0 Å². The van der Waals surface area contributed by atoms with E-state index >= 15 is 0 Å². The van der Waals surface area contributed by atoms with E-state index < -0.39 is 0 Å². The third-order valence-electron chi connectivity index (χ3n) is 14.1. The van der Waals surface area contributed by atoms with E-state index in [-0.39, 0.29) is 13.1 Å². The van der Waals surface area contributed by atoms with Crippen LogP contribution in [0.15, 0.2) is 95.6 Å². The molecule has 2 aliphatic heterocycles. The Morgan fingerprint density at radius 3 is 0.547 bits per heavy atom. The van der Waals surface area contributed by atoms with E-state index in [9.17, 15) is 0 Å². The first kappa shape index (κ1) is 49.6. The quantitative estimate of drug-likeness (QED) is 0.131. The van der Waals surface area contributed by atoms with E-state index in [4.69, 9.17) is 0 Å². The van der Waals surface area contributed by atoms with Gasteiger partial charge in [-0.1, -0.05) is 184 Å². The molecule has 4 nitrogen and oxygen atoms in total. The van der Waals surface area contributed by atoms with Crippen molar-refractivity contribution >= 4 is 52.5 Å². The Morgan fingerprint density at radius 2 is 0.422 bits per heavy atom. The Kier molecular flexibility index (Phi) is 15.4. The Labute approximate surface area is 395 Å². The average Bonchev–Trinajstić information content (AvgIpc) is 3.63. The molecule has 338 valence electrons. The minimum Gasteiger partial charge on any atom is -0.362 e. The van der Waals surface area contributed by atoms with Crippen molar-refractivity contribution in [2.24, 2.45) is 0 Å². The maximum atomic E-state index is 2.83. The van der Waals surface area contributed by atoms with Gasteiger partial charge in [-0.3, -0.25) is 0 Å². The number of allylic oxidation sites excluding steroid dienone is 4. The molecular formula is C56H80B2N4Si2. The molecule has 0 N–H and O–H groups in total. The Morgan fingerprint density at radius 1 is 0.281 bits per heavy atom. The highest BCUT2D eigenvalue weighted by atomic mass is 28.7. The van der Waals surface area contributed by atoms with Crippen LogP contribution in [0.4, 0.5) is 22.7 Å². The predicted molar refractivity (Wildman–Crippen MR) is 288 cm³/mol. The predicted octanol–water partition coefficient (Wildman–Crippen LogP) is 15.8. The maximum Gasteiger partial charge on any atom is 0.425 e. The maximum absolute atomic E-state index is 2.83. The lowest BCUT2D eigenvalue weighted by atomic mass is 9.86. The van der Waals surface area contributed by atoms with Gasteiger partial charge in [0.2, 0.25) is 0 Å². The minimum absolute atomic E-state index is 0.105. The largest absolute Gasteiger partial charge is 0.425 e. The number of nitrogens with zero attached hydrogens (tertiary/aromatic N) is 4. The SMILES string of the molecule is CC1=C(C)N(c2c(C(C)C)cccc2C(C)C)B([Si]#[Si]B2N(c3c(C(C)C)cccc3C(C)C)C(C)=C(C)N2c2c(C(C)C)cccc2C(C)C)N1c1c(C(C)C)cccc1C(C)C. The molecule has 0 fully saturated rings. The molecule has 0 saturated carbocycles. The van der Waals surface area contributed by atoms with E-state index in [2.05, 4.69) is 231 Å². The van der Waals surface area contributed by atoms with Gasteiger partial charge in [-0.25, -0.2) is 0 Å². The van der Waals surface area contributed by atoms with Crippen LogP contribution in [-0.2, 0) is 0 Å². The van der Waals surface area contributed by atoms with Gasteiger partial charge in [0.1, 0.15) is 0 Å². The van der Waals surface area contributed by atoms with Gasteiger partial charge in [-0.15, -0.1) is 0 Å². The fraction of sp³-hybridized carbons (Fsp3) is 0.500. The molecule has 0 unspecified atom stereocenters. The van der Waals surface area contributed by atoms with Gasteiger partial charge >= 0.3 is 13.1 Å². The summed E-state index contributed by atoms with van der Waals surface area (Å²) < 4.78 is 0. The van der Waals surface area contributed by atoms with Gasteiger partial charge in [-0.2, -0.15) is 0 Å². The van der Waals surface area contributed by atoms with E-state index in [1.165, 1.54) is 90.0 Å². The summed E-state index contributed by atoms with van der Waals surface area (Å²) in [6, 6.07) is 28.5. The van der Waals surface area contributed by atoms with Crippen LogP contribution in [0, 0.1) is 0 Å². The van der Waals surface area contributed by atoms with Crippen LogP contribution in [0.1, 0.15) is 230 Å². The van der Waals surface area contributed by atoms with Crippen LogP contribution >= 0.6 is 0 Å². The molecule has 4 aromatic rings. The zero-order valence-electron chi connectivity index (χ0n) is 43.5. The number of para-hydroxylation sites is 4. The second-order valence-corrected chi connectivity index (χ2v) is 24.6. The van der Waals surface area contributed by atoms with Gasteiger partial charge in [-0.05, 0) is 136 Å². The highest BCUT2D eigenvalue weighted by Gasteiger charge is 2.46. The molecule has 0 aromatic heterocycles. The molecule has 2 aliphatic rings. The third kappa shape index (κ3) is 9.01. The van der Waals surface area contributed by atoms with Crippen molar-refractivity contribution in [3.05, 3.63) is 140 Å². The second kappa shape index (κ2) is 19.9. The Balaban J connectivity index is 1.78. The van der Waals surface area contributed by atoms with Crippen molar-refractivity contribution in [3.8, 4) is 0 Å². The topological polar surface area (TPSA) is 13.0 Å². The van der Waals surface area contributed by atoms with Crippen molar-refractivity contribution in [1.82, 2.24) is 0 Å². The Bertz CT molecular complexity index is 2050. The van der Waals surface area contributed by atoms with Crippen LogP contribution in [-0.4, -0.2) is 29.7 Å². The fourth-order valence-electron chi connectivity index (χ4n) is 10.4. The summed E-state index contributed by atoms with van der Waals surface area (Å²) in [4.78, 5) is 11.3. The molecule has 0 amide bonds. The first-order valence-corrected chi connectivity index (χ1v) is 27.8. The average molecular weight is 887 g/mol. The lowest BCUT2D eigenvalue weighted by Crippen LogP contribution is -2.53. The molecule has 0 spiro atoms. The molecule has 2 heterocycles. The molecule has 6 rings (SSSR count). The zero-order valence-corrected chi connectivity index (χ0v) is 45.5. The molecule has 0 saturated heterocycles. The highest BCUT2D eigenvalue weighted by molar-refractivity contribution is 7.31. The Hall–Kier alpha value is -3.88. The normalized spacial score (nSPS) is 14.9. The number of benzene rings is 4. The highest BCUT2D eigenvalue weighted by Crippen LogP contribution is 2.48. The number of hydrogen-bond donors (Lipinski definition) is 0. The molecular weight excluding hydrogens is 806 g/mol. The summed E-state index contributed by atoms with van der Waals surface area (Å²) in [7, 11) is 1.19. The summed E-state index contributed by atoms with van der Waals surface area (Å²) in [5, 5.41) is 0. The number of rotatable bonds is 12. The summed E-state index contributed by atoms with van der Waals surface area (Å²) in [6.45, 7) is 48.0. The summed E-state index contributed by atoms with van der Waals surface area (Å²) >= 11 is 0. The molecule has 0 radical (unpaired) electrons. The van der Waals surface area contributed by atoms with Gasteiger partial charge in [0.05, 0.1) is 0 Å². The van der Waals surface area contributed by atoms with Crippen LogP contribution < -0.4 is 19.2 Å². The number of anilines is 4. The lowest BCUT2D eigenvalue weighted by molar-refractivity contribution is 0.830. The van der Waals surface area contributed by atoms with E-state index in [0.29, 0.717) is 63.9 Å². The third-order valence-corrected chi connectivity index (χ3v) is 17.9. The molecule has 0 atom stereocenters. The first-order valence-electron chi connectivity index (χ1n) is 24.7. The van der Waals surface area contributed by atoms with Crippen LogP contribution in [0.2, 0.25) is 0 Å². The summed E-state index contributed by atoms with van der Waals surface area (Å²) in [5.74, 6) is 3.08. The van der Waals surface area contributed by atoms with E-state index in [1.54, 1.807) is 0 Å². The molecule has 4 aromatic carbocycles. The monoisotopic (exact) mass is 887 g/mol. The lowest BCUT2D eigenvalue weighted by Gasteiger charge is -2.37. The molecule has 64 heavy (non-hydrogen) atoms. The van der Waals surface area contributed by atoms with Crippen molar-refractivity contribution in [2.45, 2.75) is 186 Å². The summed E-state index contributed by atoms with van der Waals surface area (Å²) in [6.07, 6.45) is 0. The molecule has 8 heteroatoms. The van der Waals surface area contributed by atoms with Crippen molar-refractivity contribution in [3.63, 3.8) is 0 Å². The molecule has 0 aliphatic carbocycles. The van der Waals surface area contributed by atoms with Crippen LogP contribution in [0.5, 0.6) is 0 Å². The smallest absolute Gasteiger partial charge is 0.362 e. The van der Waals surface area contributed by atoms with E-state index in [0.717, 1.165) is 0 Å². The first-order chi connectivity index (χ1) is 30.1. The van der Waals surface area contributed by atoms with Crippen molar-refractivity contribution < 1.29 is 0 Å².